The number of benzene rings is 2. The maximum atomic E-state index is 4.46. The zero-order valence-corrected chi connectivity index (χ0v) is 13.9. The Morgan fingerprint density at radius 2 is 1.33 bits per heavy atom. The van der Waals surface area contributed by atoms with E-state index in [1.54, 1.807) is 0 Å². The molecule has 0 bridgehead atoms. The van der Waals surface area contributed by atoms with Crippen LogP contribution in [0.15, 0.2) is 66.7 Å². The summed E-state index contributed by atoms with van der Waals surface area (Å²) in [7, 11) is 0. The fourth-order valence-electron chi connectivity index (χ4n) is 2.52. The van der Waals surface area contributed by atoms with Gasteiger partial charge in [-0.1, -0.05) is 60.7 Å². The highest BCUT2D eigenvalue weighted by Gasteiger charge is 2.02. The normalized spacial score (nSPS) is 10.4. The van der Waals surface area contributed by atoms with Gasteiger partial charge in [0.05, 0.1) is 0 Å². The third-order valence-corrected chi connectivity index (χ3v) is 3.72. The molecule has 0 aliphatic heterocycles. The van der Waals surface area contributed by atoms with Crippen molar-refractivity contribution >= 4 is 11.6 Å². The third-order valence-electron chi connectivity index (χ3n) is 3.72. The first kappa shape index (κ1) is 16.0. The van der Waals surface area contributed by atoms with Gasteiger partial charge in [0.25, 0.3) is 0 Å². The lowest BCUT2D eigenvalue weighted by atomic mass is 10.1. The van der Waals surface area contributed by atoms with Gasteiger partial charge in [-0.2, -0.15) is 0 Å². The molecule has 4 nitrogen and oxygen atoms in total. The number of nitrogens with zero attached hydrogens (tertiary/aromatic N) is 2. The van der Waals surface area contributed by atoms with E-state index in [0.29, 0.717) is 0 Å². The number of hydrogen-bond acceptors (Lipinski definition) is 4. The summed E-state index contributed by atoms with van der Waals surface area (Å²) < 4.78 is 0. The molecule has 2 N–H and O–H groups in total. The summed E-state index contributed by atoms with van der Waals surface area (Å²) in [6.45, 7) is 3.51. The summed E-state index contributed by atoms with van der Waals surface area (Å²) in [4.78, 5) is 8.91. The van der Waals surface area contributed by atoms with Crippen LogP contribution in [0.25, 0.3) is 0 Å². The Hall–Kier alpha value is -2.88. The van der Waals surface area contributed by atoms with E-state index >= 15 is 0 Å². The van der Waals surface area contributed by atoms with Gasteiger partial charge in [-0.05, 0) is 24.5 Å². The standard InChI is InChI=1S/C20H22N4/c1-16-23-19(21-13-12-17-8-4-2-5-9-17)14-20(24-16)22-15-18-10-6-3-7-11-18/h2-11,14H,12-13,15H2,1H3,(H2,21,22,23,24). The number of rotatable bonds is 7. The van der Waals surface area contributed by atoms with E-state index in [1.165, 1.54) is 11.1 Å². The summed E-state index contributed by atoms with van der Waals surface area (Å²) in [5, 5.41) is 6.74. The molecule has 0 saturated carbocycles. The highest BCUT2D eigenvalue weighted by molar-refractivity contribution is 5.48. The van der Waals surface area contributed by atoms with Gasteiger partial charge in [0.15, 0.2) is 0 Å². The van der Waals surface area contributed by atoms with Crippen LogP contribution in [0.4, 0.5) is 11.6 Å². The van der Waals surface area contributed by atoms with E-state index in [2.05, 4.69) is 57.0 Å². The average Bonchev–Trinajstić information content (AvgIpc) is 2.61. The van der Waals surface area contributed by atoms with Crippen molar-refractivity contribution in [2.75, 3.05) is 17.2 Å². The van der Waals surface area contributed by atoms with Crippen molar-refractivity contribution < 1.29 is 0 Å². The number of aryl methyl sites for hydroxylation is 1. The zero-order chi connectivity index (χ0) is 16.6. The van der Waals surface area contributed by atoms with E-state index < -0.39 is 0 Å². The lowest BCUT2D eigenvalue weighted by molar-refractivity contribution is 0.975. The fourth-order valence-corrected chi connectivity index (χ4v) is 2.52. The summed E-state index contributed by atoms with van der Waals surface area (Å²) in [5.74, 6) is 2.46. The molecule has 24 heavy (non-hydrogen) atoms. The lowest BCUT2D eigenvalue weighted by Gasteiger charge is -2.10. The predicted octanol–water partition coefficient (Wildman–Crippen LogP) is 4.05. The van der Waals surface area contributed by atoms with Gasteiger partial charge in [-0.25, -0.2) is 9.97 Å². The Kier molecular flexibility index (Phi) is 5.40. The molecule has 0 spiro atoms. The van der Waals surface area contributed by atoms with Gasteiger partial charge in [0, 0.05) is 19.2 Å². The summed E-state index contributed by atoms with van der Waals surface area (Å²) in [5.41, 5.74) is 2.55. The fraction of sp³-hybridized carbons (Fsp3) is 0.200. The molecule has 0 aliphatic rings. The lowest BCUT2D eigenvalue weighted by Crippen LogP contribution is -2.09. The molecule has 122 valence electrons. The van der Waals surface area contributed by atoms with Gasteiger partial charge < -0.3 is 10.6 Å². The first-order chi connectivity index (χ1) is 11.8. The van der Waals surface area contributed by atoms with Crippen molar-refractivity contribution in [2.24, 2.45) is 0 Å². The molecule has 3 rings (SSSR count). The second-order valence-electron chi connectivity index (χ2n) is 5.69. The zero-order valence-electron chi connectivity index (χ0n) is 13.9. The molecule has 4 heteroatoms. The number of nitrogens with one attached hydrogen (secondary N) is 2. The molecule has 2 aromatic carbocycles. The molecule has 0 atom stereocenters. The van der Waals surface area contributed by atoms with Crippen molar-refractivity contribution in [1.82, 2.24) is 9.97 Å². The largest absolute Gasteiger partial charge is 0.370 e. The van der Waals surface area contributed by atoms with Crippen molar-refractivity contribution in [2.45, 2.75) is 19.9 Å². The van der Waals surface area contributed by atoms with Crippen LogP contribution in [0.1, 0.15) is 17.0 Å². The van der Waals surface area contributed by atoms with Crippen LogP contribution in [0, 0.1) is 6.92 Å². The molecule has 0 radical (unpaired) electrons. The van der Waals surface area contributed by atoms with Gasteiger partial charge in [0.2, 0.25) is 0 Å². The first-order valence-electron chi connectivity index (χ1n) is 8.21. The minimum absolute atomic E-state index is 0.751. The SMILES string of the molecule is Cc1nc(NCCc2ccccc2)cc(NCc2ccccc2)n1. The Balaban J connectivity index is 1.57. The molecule has 0 aliphatic carbocycles. The van der Waals surface area contributed by atoms with Crippen molar-refractivity contribution in [1.29, 1.82) is 0 Å². The third kappa shape index (κ3) is 4.81. The Morgan fingerprint density at radius 3 is 2.00 bits per heavy atom. The Bertz CT molecular complexity index is 757. The summed E-state index contributed by atoms with van der Waals surface area (Å²) >= 11 is 0. The Morgan fingerprint density at radius 1 is 0.750 bits per heavy atom. The maximum Gasteiger partial charge on any atom is 0.132 e. The van der Waals surface area contributed by atoms with Crippen LogP contribution in [0.2, 0.25) is 0 Å². The molecular formula is C20H22N4. The van der Waals surface area contributed by atoms with Gasteiger partial charge in [-0.3, -0.25) is 0 Å². The average molecular weight is 318 g/mol. The smallest absolute Gasteiger partial charge is 0.132 e. The molecule has 1 heterocycles. The quantitative estimate of drug-likeness (QED) is 0.690. The predicted molar refractivity (Wildman–Crippen MR) is 99.2 cm³/mol. The molecule has 1 aromatic heterocycles. The van der Waals surface area contributed by atoms with E-state index in [1.807, 2.05) is 37.3 Å². The van der Waals surface area contributed by atoms with Crippen molar-refractivity contribution in [3.05, 3.63) is 83.7 Å². The van der Waals surface area contributed by atoms with Crippen LogP contribution in [0.3, 0.4) is 0 Å². The van der Waals surface area contributed by atoms with Gasteiger partial charge in [0.1, 0.15) is 17.5 Å². The van der Waals surface area contributed by atoms with Crippen LogP contribution in [-0.4, -0.2) is 16.5 Å². The molecular weight excluding hydrogens is 296 g/mol. The molecule has 0 saturated heterocycles. The van der Waals surface area contributed by atoms with Crippen LogP contribution >= 0.6 is 0 Å². The van der Waals surface area contributed by atoms with Crippen LogP contribution in [0.5, 0.6) is 0 Å². The highest BCUT2D eigenvalue weighted by atomic mass is 15.1. The van der Waals surface area contributed by atoms with Gasteiger partial charge >= 0.3 is 0 Å². The van der Waals surface area contributed by atoms with E-state index in [-0.39, 0.29) is 0 Å². The Labute approximate surface area is 143 Å². The summed E-state index contributed by atoms with van der Waals surface area (Å²) in [6.07, 6.45) is 0.969. The van der Waals surface area contributed by atoms with E-state index in [9.17, 15) is 0 Å². The second-order valence-corrected chi connectivity index (χ2v) is 5.69. The van der Waals surface area contributed by atoms with Crippen molar-refractivity contribution in [3.63, 3.8) is 0 Å². The number of aromatic nitrogens is 2. The topological polar surface area (TPSA) is 49.8 Å². The summed E-state index contributed by atoms with van der Waals surface area (Å²) in [6, 6.07) is 22.7. The van der Waals surface area contributed by atoms with Crippen LogP contribution < -0.4 is 10.6 Å². The molecule has 0 amide bonds. The first-order valence-corrected chi connectivity index (χ1v) is 8.21. The minimum atomic E-state index is 0.751. The number of hydrogen-bond donors (Lipinski definition) is 2. The molecule has 3 aromatic rings. The minimum Gasteiger partial charge on any atom is -0.370 e. The van der Waals surface area contributed by atoms with E-state index in [4.69, 9.17) is 0 Å². The highest BCUT2D eigenvalue weighted by Crippen LogP contribution is 2.13. The molecule has 0 fully saturated rings. The van der Waals surface area contributed by atoms with Crippen LogP contribution in [-0.2, 0) is 13.0 Å². The number of anilines is 2. The van der Waals surface area contributed by atoms with Gasteiger partial charge in [-0.15, -0.1) is 0 Å². The monoisotopic (exact) mass is 318 g/mol. The molecule has 0 unspecified atom stereocenters. The second kappa shape index (κ2) is 8.11. The van der Waals surface area contributed by atoms with Crippen molar-refractivity contribution in [3.8, 4) is 0 Å². The maximum absolute atomic E-state index is 4.46. The van der Waals surface area contributed by atoms with E-state index in [0.717, 1.165) is 37.0 Å².